The molecule has 6 heteroatoms. The molecule has 1 fully saturated rings. The van der Waals surface area contributed by atoms with Crippen LogP contribution < -0.4 is 10.2 Å². The average Bonchev–Trinajstić information content (AvgIpc) is 2.99. The summed E-state index contributed by atoms with van der Waals surface area (Å²) < 4.78 is 0. The molecule has 0 unspecified atom stereocenters. The van der Waals surface area contributed by atoms with Crippen molar-refractivity contribution in [3.05, 3.63) is 66.2 Å². The first-order chi connectivity index (χ1) is 13.5. The lowest BCUT2D eigenvalue weighted by molar-refractivity contribution is -0.121. The third-order valence-electron chi connectivity index (χ3n) is 4.65. The summed E-state index contributed by atoms with van der Waals surface area (Å²) in [5.41, 5.74) is 1.83. The van der Waals surface area contributed by atoms with Crippen LogP contribution in [0.4, 0.5) is 5.69 Å². The van der Waals surface area contributed by atoms with Crippen molar-refractivity contribution in [2.75, 3.05) is 10.7 Å². The summed E-state index contributed by atoms with van der Waals surface area (Å²) in [5.74, 6) is -0.400. The van der Waals surface area contributed by atoms with E-state index in [0.29, 0.717) is 5.69 Å². The third kappa shape index (κ3) is 5.23. The highest BCUT2D eigenvalue weighted by Crippen LogP contribution is 2.29. The maximum absolute atomic E-state index is 12.6. The van der Waals surface area contributed by atoms with Gasteiger partial charge in [-0.15, -0.1) is 11.8 Å². The highest BCUT2D eigenvalue weighted by atomic mass is 32.2. The molecule has 0 radical (unpaired) electrons. The number of hydrogen-bond acceptors (Lipinski definition) is 4. The molecule has 28 heavy (non-hydrogen) atoms. The van der Waals surface area contributed by atoms with Crippen LogP contribution in [-0.2, 0) is 20.8 Å². The van der Waals surface area contributed by atoms with Crippen LogP contribution in [0.15, 0.2) is 60.7 Å². The van der Waals surface area contributed by atoms with Gasteiger partial charge in [-0.2, -0.15) is 0 Å². The number of hydrogen-bond donors (Lipinski definition) is 1. The van der Waals surface area contributed by atoms with E-state index in [4.69, 9.17) is 0 Å². The predicted molar refractivity (Wildman–Crippen MR) is 112 cm³/mol. The molecule has 1 heterocycles. The number of imide groups is 1. The molecule has 2 aromatic rings. The molecule has 2 aromatic carbocycles. The fourth-order valence-corrected chi connectivity index (χ4v) is 4.12. The normalized spacial score (nSPS) is 17.6. The van der Waals surface area contributed by atoms with Crippen LogP contribution in [0.5, 0.6) is 0 Å². The molecule has 3 rings (SSSR count). The summed E-state index contributed by atoms with van der Waals surface area (Å²) >= 11 is 1.23. The second-order valence-electron chi connectivity index (χ2n) is 6.90. The number of nitrogens with one attached hydrogen (secondary N) is 1. The molecular weight excluding hydrogens is 372 g/mol. The van der Waals surface area contributed by atoms with E-state index >= 15 is 0 Å². The highest BCUT2D eigenvalue weighted by molar-refractivity contribution is 8.01. The van der Waals surface area contributed by atoms with Gasteiger partial charge in [0.15, 0.2) is 0 Å². The number of nitrogens with zero attached hydrogens (tertiary/aromatic N) is 1. The van der Waals surface area contributed by atoms with Crippen LogP contribution in [0.2, 0.25) is 0 Å². The Hall–Kier alpha value is -2.60. The van der Waals surface area contributed by atoms with Crippen LogP contribution in [-0.4, -0.2) is 34.8 Å². The van der Waals surface area contributed by atoms with E-state index < -0.39 is 5.25 Å². The maximum atomic E-state index is 12.6. The SMILES string of the molecule is C[C@H](CCc1ccccc1)NC(=O)CS[C@H]1CC(=O)N(c2ccccc2)C1=O. The molecule has 0 aromatic heterocycles. The minimum Gasteiger partial charge on any atom is -0.353 e. The van der Waals surface area contributed by atoms with Crippen LogP contribution in [0.3, 0.4) is 0 Å². The van der Waals surface area contributed by atoms with Gasteiger partial charge in [0.05, 0.1) is 16.7 Å². The maximum Gasteiger partial charge on any atom is 0.247 e. The van der Waals surface area contributed by atoms with Gasteiger partial charge in [-0.1, -0.05) is 48.5 Å². The molecule has 0 spiro atoms. The predicted octanol–water partition coefficient (Wildman–Crippen LogP) is 3.19. The van der Waals surface area contributed by atoms with E-state index in [1.807, 2.05) is 31.2 Å². The Bertz CT molecular complexity index is 826. The summed E-state index contributed by atoms with van der Waals surface area (Å²) in [6.45, 7) is 1.98. The molecule has 2 atom stereocenters. The lowest BCUT2D eigenvalue weighted by Crippen LogP contribution is -2.35. The van der Waals surface area contributed by atoms with Crippen molar-refractivity contribution in [3.8, 4) is 0 Å². The van der Waals surface area contributed by atoms with Gasteiger partial charge in [0.2, 0.25) is 17.7 Å². The number of thioether (sulfide) groups is 1. The quantitative estimate of drug-likeness (QED) is 0.696. The van der Waals surface area contributed by atoms with E-state index in [2.05, 4.69) is 17.4 Å². The smallest absolute Gasteiger partial charge is 0.247 e. The summed E-state index contributed by atoms with van der Waals surface area (Å²) in [4.78, 5) is 38.2. The Labute approximate surface area is 169 Å². The largest absolute Gasteiger partial charge is 0.353 e. The number of amides is 3. The standard InChI is InChI=1S/C22H24N2O3S/c1-16(12-13-17-8-4-2-5-9-17)23-20(25)15-28-19-14-21(26)24(22(19)27)18-10-6-3-7-11-18/h2-11,16,19H,12-15H2,1H3,(H,23,25)/t16-,19+/m1/s1. The van der Waals surface area contributed by atoms with Gasteiger partial charge in [0.1, 0.15) is 0 Å². The topological polar surface area (TPSA) is 66.5 Å². The fraction of sp³-hybridized carbons (Fsp3) is 0.318. The Morgan fingerprint density at radius 2 is 1.75 bits per heavy atom. The number of carbonyl (C=O) groups excluding carboxylic acids is 3. The van der Waals surface area contributed by atoms with Gasteiger partial charge in [-0.05, 0) is 37.5 Å². The fourth-order valence-electron chi connectivity index (χ4n) is 3.18. The molecule has 146 valence electrons. The molecule has 0 bridgehead atoms. The van der Waals surface area contributed by atoms with E-state index in [9.17, 15) is 14.4 Å². The van der Waals surface area contributed by atoms with Gasteiger partial charge in [-0.3, -0.25) is 14.4 Å². The van der Waals surface area contributed by atoms with Gasteiger partial charge in [-0.25, -0.2) is 4.90 Å². The van der Waals surface area contributed by atoms with E-state index in [0.717, 1.165) is 12.8 Å². The first-order valence-electron chi connectivity index (χ1n) is 9.41. The second-order valence-corrected chi connectivity index (χ2v) is 8.09. The average molecular weight is 397 g/mol. The lowest BCUT2D eigenvalue weighted by Gasteiger charge is -2.16. The zero-order valence-corrected chi connectivity index (χ0v) is 16.7. The van der Waals surface area contributed by atoms with Gasteiger partial charge >= 0.3 is 0 Å². The van der Waals surface area contributed by atoms with Crippen molar-refractivity contribution in [1.29, 1.82) is 0 Å². The zero-order valence-electron chi connectivity index (χ0n) is 15.8. The molecule has 1 N–H and O–H groups in total. The van der Waals surface area contributed by atoms with Crippen molar-refractivity contribution in [2.24, 2.45) is 0 Å². The van der Waals surface area contributed by atoms with E-state index in [1.165, 1.54) is 22.2 Å². The van der Waals surface area contributed by atoms with Gasteiger partial charge in [0, 0.05) is 12.5 Å². The summed E-state index contributed by atoms with van der Waals surface area (Å²) in [5, 5.41) is 2.47. The number of benzene rings is 2. The second kappa shape index (κ2) is 9.55. The number of rotatable bonds is 8. The molecule has 0 saturated carbocycles. The minimum absolute atomic E-state index is 0.0510. The lowest BCUT2D eigenvalue weighted by atomic mass is 10.1. The van der Waals surface area contributed by atoms with Crippen molar-refractivity contribution in [1.82, 2.24) is 5.32 Å². The Morgan fingerprint density at radius 1 is 1.11 bits per heavy atom. The molecule has 5 nitrogen and oxygen atoms in total. The van der Waals surface area contributed by atoms with Crippen molar-refractivity contribution >= 4 is 35.2 Å². The van der Waals surface area contributed by atoms with E-state index in [1.54, 1.807) is 24.3 Å². The molecular formula is C22H24N2O3S. The third-order valence-corrected chi connectivity index (χ3v) is 5.85. The van der Waals surface area contributed by atoms with Crippen LogP contribution in [0, 0.1) is 0 Å². The summed E-state index contributed by atoms with van der Waals surface area (Å²) in [6.07, 6.45) is 1.88. The first kappa shape index (κ1) is 20.1. The molecule has 3 amide bonds. The Kier molecular flexibility index (Phi) is 6.87. The van der Waals surface area contributed by atoms with Gasteiger partial charge in [0.25, 0.3) is 0 Å². The molecule has 1 saturated heterocycles. The number of aryl methyl sites for hydroxylation is 1. The highest BCUT2D eigenvalue weighted by Gasteiger charge is 2.39. The van der Waals surface area contributed by atoms with Crippen LogP contribution in [0.1, 0.15) is 25.3 Å². The Morgan fingerprint density at radius 3 is 2.43 bits per heavy atom. The number of carbonyl (C=O) groups is 3. The molecule has 1 aliphatic heterocycles. The van der Waals surface area contributed by atoms with Crippen molar-refractivity contribution in [2.45, 2.75) is 37.5 Å². The zero-order chi connectivity index (χ0) is 19.9. The minimum atomic E-state index is -0.502. The molecule has 1 aliphatic rings. The van der Waals surface area contributed by atoms with Crippen LogP contribution >= 0.6 is 11.8 Å². The molecule has 0 aliphatic carbocycles. The van der Waals surface area contributed by atoms with Crippen molar-refractivity contribution in [3.63, 3.8) is 0 Å². The number of anilines is 1. The van der Waals surface area contributed by atoms with Crippen molar-refractivity contribution < 1.29 is 14.4 Å². The summed E-state index contributed by atoms with van der Waals surface area (Å²) in [6, 6.07) is 19.1. The Balaban J connectivity index is 1.44. The number of para-hydroxylation sites is 1. The van der Waals surface area contributed by atoms with E-state index in [-0.39, 0.29) is 35.9 Å². The van der Waals surface area contributed by atoms with Gasteiger partial charge < -0.3 is 5.32 Å². The van der Waals surface area contributed by atoms with Crippen LogP contribution in [0.25, 0.3) is 0 Å². The first-order valence-corrected chi connectivity index (χ1v) is 10.5. The summed E-state index contributed by atoms with van der Waals surface area (Å²) in [7, 11) is 0. The monoisotopic (exact) mass is 396 g/mol.